The predicted molar refractivity (Wildman–Crippen MR) is 344 cm³/mol. The third-order valence-electron chi connectivity index (χ3n) is 14.9. The van der Waals surface area contributed by atoms with E-state index < -0.39 is 6.10 Å². The topological polar surface area (TPSA) is 78.9 Å². The Bertz CT molecular complexity index is 1500. The Kier molecular flexibility index (Phi) is 64.2. The van der Waals surface area contributed by atoms with Crippen LogP contribution in [-0.4, -0.2) is 37.2 Å². The van der Waals surface area contributed by atoms with Crippen molar-refractivity contribution in [2.45, 2.75) is 348 Å². The fourth-order valence-electron chi connectivity index (χ4n) is 9.82. The molecule has 0 amide bonds. The van der Waals surface area contributed by atoms with Crippen molar-refractivity contribution in [1.29, 1.82) is 0 Å². The number of rotatable bonds is 62. The highest BCUT2D eigenvalue weighted by molar-refractivity contribution is 5.71. The first-order valence-electron chi connectivity index (χ1n) is 34.1. The van der Waals surface area contributed by atoms with E-state index in [0.717, 1.165) is 77.0 Å². The summed E-state index contributed by atoms with van der Waals surface area (Å²) in [6.45, 7) is 6.51. The van der Waals surface area contributed by atoms with Gasteiger partial charge in [-0.15, -0.1) is 0 Å². The molecular formula is C73H128O6. The zero-order chi connectivity index (χ0) is 57.1. The van der Waals surface area contributed by atoms with E-state index in [1.807, 2.05) is 6.08 Å². The number of esters is 3. The zero-order valence-corrected chi connectivity index (χ0v) is 52.4. The first-order chi connectivity index (χ1) is 39.0. The molecule has 0 unspecified atom stereocenters. The standard InChI is InChI=1S/C73H128O6/c1-4-7-10-13-16-19-22-25-28-31-34-36-39-42-45-48-51-54-57-60-63-66-72(75)78-69-70(68-77-71(74)65-62-59-56-53-50-47-44-41-38-33-30-27-24-21-18-15-12-9-6-3)79-73(76)67-64-61-58-55-52-49-46-43-40-37-35-32-29-26-23-20-17-14-11-8-5-2/h9,12,18,21,26-27,29-30,38,41,47,50,56,59,70H,4-8,10-11,13-17,19-20,22-25,28,31-37,39-40,42-46,48-49,51-55,57-58,60-69H2,1-3H3/b12-9-,21-18-,29-26-,30-27-,41-38-,50-47-,59-56-/t70-/m1/s1. The van der Waals surface area contributed by atoms with Gasteiger partial charge in [0.25, 0.3) is 0 Å². The van der Waals surface area contributed by atoms with Crippen molar-refractivity contribution in [3.63, 3.8) is 0 Å². The van der Waals surface area contributed by atoms with Crippen molar-refractivity contribution in [1.82, 2.24) is 0 Å². The molecule has 0 aromatic heterocycles. The molecule has 0 spiro atoms. The molecule has 0 radical (unpaired) electrons. The van der Waals surface area contributed by atoms with Gasteiger partial charge in [-0.25, -0.2) is 0 Å². The largest absolute Gasteiger partial charge is 0.462 e. The van der Waals surface area contributed by atoms with Crippen LogP contribution < -0.4 is 0 Å². The molecule has 456 valence electrons. The van der Waals surface area contributed by atoms with Gasteiger partial charge in [-0.05, 0) is 83.5 Å². The van der Waals surface area contributed by atoms with Gasteiger partial charge in [0.15, 0.2) is 6.10 Å². The summed E-state index contributed by atoms with van der Waals surface area (Å²) in [4.78, 5) is 38.4. The summed E-state index contributed by atoms with van der Waals surface area (Å²) in [6, 6.07) is 0. The van der Waals surface area contributed by atoms with Crippen molar-refractivity contribution in [3.8, 4) is 0 Å². The van der Waals surface area contributed by atoms with Crippen LogP contribution in [0.25, 0.3) is 0 Å². The predicted octanol–water partition coefficient (Wildman–Crippen LogP) is 23.4. The summed E-state index contributed by atoms with van der Waals surface area (Å²) in [5.74, 6) is -0.967. The summed E-state index contributed by atoms with van der Waals surface area (Å²) in [5.41, 5.74) is 0. The van der Waals surface area contributed by atoms with Crippen LogP contribution in [0.15, 0.2) is 85.1 Å². The average molecular weight is 1100 g/mol. The molecule has 0 heterocycles. The van der Waals surface area contributed by atoms with Crippen LogP contribution in [0.5, 0.6) is 0 Å². The van der Waals surface area contributed by atoms with Gasteiger partial charge in [-0.1, -0.05) is 324 Å². The number of carbonyl (C=O) groups excluding carboxylic acids is 3. The van der Waals surface area contributed by atoms with Crippen LogP contribution in [0.1, 0.15) is 342 Å². The normalized spacial score (nSPS) is 12.6. The van der Waals surface area contributed by atoms with Gasteiger partial charge in [0.05, 0.1) is 0 Å². The zero-order valence-electron chi connectivity index (χ0n) is 52.4. The molecule has 79 heavy (non-hydrogen) atoms. The Hall–Kier alpha value is -3.41. The summed E-state index contributed by atoms with van der Waals surface area (Å²) in [7, 11) is 0. The first-order valence-corrected chi connectivity index (χ1v) is 34.1. The number of hydrogen-bond donors (Lipinski definition) is 0. The second-order valence-corrected chi connectivity index (χ2v) is 22.7. The number of ether oxygens (including phenoxy) is 3. The monoisotopic (exact) mass is 1100 g/mol. The number of unbranched alkanes of at least 4 members (excludes halogenated alkanes) is 37. The maximum atomic E-state index is 12.9. The smallest absolute Gasteiger partial charge is 0.306 e. The molecule has 0 aromatic rings. The minimum Gasteiger partial charge on any atom is -0.462 e. The Balaban J connectivity index is 4.43. The molecule has 0 aliphatic carbocycles. The van der Waals surface area contributed by atoms with Gasteiger partial charge in [0.1, 0.15) is 13.2 Å². The molecular weight excluding hydrogens is 973 g/mol. The summed E-state index contributed by atoms with van der Waals surface area (Å²) >= 11 is 0. The fraction of sp³-hybridized carbons (Fsp3) is 0.767. The lowest BCUT2D eigenvalue weighted by Crippen LogP contribution is -2.30. The van der Waals surface area contributed by atoms with Crippen LogP contribution in [-0.2, 0) is 28.6 Å². The van der Waals surface area contributed by atoms with E-state index in [2.05, 4.69) is 99.8 Å². The van der Waals surface area contributed by atoms with E-state index in [9.17, 15) is 14.4 Å². The third kappa shape index (κ3) is 65.3. The van der Waals surface area contributed by atoms with Gasteiger partial charge in [0, 0.05) is 19.3 Å². The van der Waals surface area contributed by atoms with E-state index in [1.165, 1.54) is 218 Å². The van der Waals surface area contributed by atoms with Gasteiger partial charge >= 0.3 is 17.9 Å². The van der Waals surface area contributed by atoms with E-state index >= 15 is 0 Å². The summed E-state index contributed by atoms with van der Waals surface area (Å²) < 4.78 is 16.9. The maximum Gasteiger partial charge on any atom is 0.306 e. The lowest BCUT2D eigenvalue weighted by atomic mass is 10.0. The van der Waals surface area contributed by atoms with E-state index in [1.54, 1.807) is 0 Å². The molecule has 0 aromatic carbocycles. The molecule has 6 heteroatoms. The molecule has 0 aliphatic heterocycles. The average Bonchev–Trinajstić information content (AvgIpc) is 3.45. The fourth-order valence-corrected chi connectivity index (χ4v) is 9.82. The molecule has 0 saturated carbocycles. The van der Waals surface area contributed by atoms with E-state index in [0.29, 0.717) is 19.3 Å². The second-order valence-electron chi connectivity index (χ2n) is 22.7. The van der Waals surface area contributed by atoms with Crippen molar-refractivity contribution >= 4 is 17.9 Å². The van der Waals surface area contributed by atoms with Crippen LogP contribution in [0.2, 0.25) is 0 Å². The van der Waals surface area contributed by atoms with Crippen molar-refractivity contribution in [3.05, 3.63) is 85.1 Å². The van der Waals surface area contributed by atoms with Crippen molar-refractivity contribution in [2.75, 3.05) is 13.2 Å². The van der Waals surface area contributed by atoms with E-state index in [4.69, 9.17) is 14.2 Å². The van der Waals surface area contributed by atoms with Gasteiger partial charge in [-0.3, -0.25) is 14.4 Å². The molecule has 6 nitrogen and oxygen atoms in total. The van der Waals surface area contributed by atoms with Crippen LogP contribution in [0.4, 0.5) is 0 Å². The summed E-state index contributed by atoms with van der Waals surface area (Å²) in [5, 5.41) is 0. The van der Waals surface area contributed by atoms with Crippen molar-refractivity contribution in [2.24, 2.45) is 0 Å². The Morgan fingerprint density at radius 2 is 0.519 bits per heavy atom. The molecule has 1 atom stereocenters. The lowest BCUT2D eigenvalue weighted by molar-refractivity contribution is -0.166. The van der Waals surface area contributed by atoms with Crippen molar-refractivity contribution < 1.29 is 28.6 Å². The van der Waals surface area contributed by atoms with Crippen LogP contribution in [0, 0.1) is 0 Å². The van der Waals surface area contributed by atoms with Gasteiger partial charge in [0.2, 0.25) is 0 Å². The minimum absolute atomic E-state index is 0.0966. The van der Waals surface area contributed by atoms with Gasteiger partial charge in [-0.2, -0.15) is 0 Å². The van der Waals surface area contributed by atoms with Crippen LogP contribution >= 0.6 is 0 Å². The maximum absolute atomic E-state index is 12.9. The molecule has 0 saturated heterocycles. The number of allylic oxidation sites excluding steroid dienone is 14. The highest BCUT2D eigenvalue weighted by atomic mass is 16.6. The lowest BCUT2D eigenvalue weighted by Gasteiger charge is -2.18. The minimum atomic E-state index is -0.808. The third-order valence-corrected chi connectivity index (χ3v) is 14.9. The molecule has 0 aliphatic rings. The Morgan fingerprint density at radius 3 is 0.848 bits per heavy atom. The molecule has 0 rings (SSSR count). The number of carbonyl (C=O) groups is 3. The van der Waals surface area contributed by atoms with E-state index in [-0.39, 0.29) is 37.5 Å². The molecule has 0 fully saturated rings. The highest BCUT2D eigenvalue weighted by Crippen LogP contribution is 2.17. The Morgan fingerprint density at radius 1 is 0.266 bits per heavy atom. The van der Waals surface area contributed by atoms with Gasteiger partial charge < -0.3 is 14.2 Å². The summed E-state index contributed by atoms with van der Waals surface area (Å²) in [6.07, 6.45) is 89.0. The highest BCUT2D eigenvalue weighted by Gasteiger charge is 2.19. The molecule has 0 N–H and O–H groups in total. The second kappa shape index (κ2) is 67.1. The SMILES string of the molecule is CC/C=C\C/C=C\C/C=C\C/C=C\C/C=C\C/C=C\CCC(=O)OC[C@H](COC(=O)CCCCCCCCCCCCCCCCCCCCCCC)OC(=O)CCCCCCCCCCCCC/C=C\CCCCCCCC. The first kappa shape index (κ1) is 75.6. The van der Waals surface area contributed by atoms with Crippen LogP contribution in [0.3, 0.4) is 0 Å². The number of hydrogen-bond acceptors (Lipinski definition) is 6. The molecule has 0 bridgehead atoms. The Labute approximate surface area is 490 Å². The quantitative estimate of drug-likeness (QED) is 0.0261.